The summed E-state index contributed by atoms with van der Waals surface area (Å²) in [6, 6.07) is 4.11. The average molecular weight is 442 g/mol. The molecule has 0 unspecified atom stereocenters. The van der Waals surface area contributed by atoms with Crippen LogP contribution in [0, 0.1) is 5.92 Å². The summed E-state index contributed by atoms with van der Waals surface area (Å²) < 4.78 is 12.0. The molecule has 0 aliphatic carbocycles. The second-order valence-corrected chi connectivity index (χ2v) is 6.39. The molecule has 1 saturated heterocycles. The van der Waals surface area contributed by atoms with Crippen LogP contribution in [0.25, 0.3) is 0 Å². The van der Waals surface area contributed by atoms with E-state index in [0.29, 0.717) is 6.61 Å². The van der Waals surface area contributed by atoms with Crippen LogP contribution in [0.1, 0.15) is 18.4 Å². The maximum atomic E-state index is 5.65. The van der Waals surface area contributed by atoms with Crippen LogP contribution in [0.3, 0.4) is 0 Å². The molecule has 0 amide bonds. The number of ether oxygens (including phenoxy) is 2. The van der Waals surface area contributed by atoms with Gasteiger partial charge in [0.15, 0.2) is 11.5 Å². The van der Waals surface area contributed by atoms with Crippen molar-refractivity contribution in [3.05, 3.63) is 34.8 Å². The maximum absolute atomic E-state index is 5.65. The Balaban J connectivity index is 0.00000264. The predicted molar refractivity (Wildman–Crippen MR) is 108 cm³/mol. The summed E-state index contributed by atoms with van der Waals surface area (Å²) in [4.78, 5) is 0. The van der Waals surface area contributed by atoms with Crippen molar-refractivity contribution < 1.29 is 9.47 Å². The Hall–Kier alpha value is -0.460. The van der Waals surface area contributed by atoms with Crippen LogP contribution < -0.4 is 20.1 Å². The molecule has 0 atom stereocenters. The van der Waals surface area contributed by atoms with Gasteiger partial charge in [0.1, 0.15) is 6.61 Å². The first-order chi connectivity index (χ1) is 10.7. The van der Waals surface area contributed by atoms with E-state index < -0.39 is 0 Å². The summed E-state index contributed by atoms with van der Waals surface area (Å²) in [6.07, 6.45) is 4.24. The lowest BCUT2D eigenvalue weighted by Gasteiger charge is -2.23. The van der Waals surface area contributed by atoms with Gasteiger partial charge in [-0.3, -0.25) is 0 Å². The number of rotatable bonds is 8. The molecule has 7 heteroatoms. The lowest BCUT2D eigenvalue weighted by atomic mass is 9.98. The first kappa shape index (κ1) is 23.5. The summed E-state index contributed by atoms with van der Waals surface area (Å²) in [6.45, 7) is 8.31. The lowest BCUT2D eigenvalue weighted by molar-refractivity contribution is 0.324. The fourth-order valence-corrected chi connectivity index (χ4v) is 3.27. The van der Waals surface area contributed by atoms with E-state index in [1.54, 1.807) is 13.2 Å². The third-order valence-corrected chi connectivity index (χ3v) is 4.44. The smallest absolute Gasteiger partial charge is 0.175 e. The zero-order valence-electron chi connectivity index (χ0n) is 14.0. The van der Waals surface area contributed by atoms with E-state index in [1.807, 2.05) is 6.07 Å². The fourth-order valence-electron chi connectivity index (χ4n) is 2.66. The van der Waals surface area contributed by atoms with Crippen molar-refractivity contribution in [3.8, 4) is 11.5 Å². The van der Waals surface area contributed by atoms with Crippen molar-refractivity contribution in [3.63, 3.8) is 0 Å². The van der Waals surface area contributed by atoms with Crippen LogP contribution in [-0.4, -0.2) is 33.4 Å². The van der Waals surface area contributed by atoms with Gasteiger partial charge in [-0.25, -0.2) is 0 Å². The van der Waals surface area contributed by atoms with Gasteiger partial charge in [0, 0.05) is 6.54 Å². The fraction of sp³-hybridized carbons (Fsp3) is 0.529. The number of nitrogens with one attached hydrogen (secondary N) is 2. The highest BCUT2D eigenvalue weighted by molar-refractivity contribution is 9.10. The lowest BCUT2D eigenvalue weighted by Crippen LogP contribution is -2.33. The van der Waals surface area contributed by atoms with E-state index in [4.69, 9.17) is 9.47 Å². The molecule has 1 aromatic carbocycles. The van der Waals surface area contributed by atoms with Gasteiger partial charge in [0.2, 0.25) is 0 Å². The maximum Gasteiger partial charge on any atom is 0.175 e. The molecular weight excluding hydrogens is 415 g/mol. The highest BCUT2D eigenvalue weighted by Crippen LogP contribution is 2.36. The molecule has 1 aliphatic rings. The molecule has 0 bridgehead atoms. The average Bonchev–Trinajstić information content (AvgIpc) is 2.54. The van der Waals surface area contributed by atoms with Gasteiger partial charge >= 0.3 is 0 Å². The van der Waals surface area contributed by atoms with Crippen molar-refractivity contribution in [2.45, 2.75) is 19.4 Å². The summed E-state index contributed by atoms with van der Waals surface area (Å²) >= 11 is 3.56. The van der Waals surface area contributed by atoms with Crippen LogP contribution in [0.4, 0.5) is 0 Å². The Morgan fingerprint density at radius 3 is 2.67 bits per heavy atom. The van der Waals surface area contributed by atoms with Gasteiger partial charge in [-0.1, -0.05) is 12.7 Å². The van der Waals surface area contributed by atoms with Gasteiger partial charge in [-0.05, 0) is 72.0 Å². The second-order valence-electron chi connectivity index (χ2n) is 5.53. The molecule has 1 heterocycles. The monoisotopic (exact) mass is 440 g/mol. The van der Waals surface area contributed by atoms with Crippen LogP contribution in [0.2, 0.25) is 0 Å². The Kier molecular flexibility index (Phi) is 12.6. The van der Waals surface area contributed by atoms with Gasteiger partial charge in [0.05, 0.1) is 11.6 Å². The van der Waals surface area contributed by atoms with Crippen molar-refractivity contribution in [2.24, 2.45) is 5.92 Å². The standard InChI is InChI=1S/C17H25BrN2O2.2ClH/c1-3-8-22-17-15(18)9-14(10-16(17)21-2)12-20-11-13-4-6-19-7-5-13;;/h3,9-10,13,19-20H,1,4-8,11-12H2,2H3;2*1H. The zero-order valence-corrected chi connectivity index (χ0v) is 17.2. The molecule has 1 fully saturated rings. The Morgan fingerprint density at radius 1 is 1.33 bits per heavy atom. The number of halogens is 3. The van der Waals surface area contributed by atoms with Gasteiger partial charge in [-0.15, -0.1) is 24.8 Å². The predicted octanol–water partition coefficient (Wildman–Crippen LogP) is 3.96. The Morgan fingerprint density at radius 2 is 2.04 bits per heavy atom. The molecule has 0 spiro atoms. The molecule has 0 aromatic heterocycles. The minimum absolute atomic E-state index is 0. The third-order valence-electron chi connectivity index (χ3n) is 3.86. The topological polar surface area (TPSA) is 42.5 Å². The van der Waals surface area contributed by atoms with Crippen molar-refractivity contribution >= 4 is 40.7 Å². The molecule has 1 aromatic rings. The SMILES string of the molecule is C=CCOc1c(Br)cc(CNCC2CCNCC2)cc1OC.Cl.Cl. The number of benzene rings is 1. The van der Waals surface area contributed by atoms with Crippen LogP contribution in [0.15, 0.2) is 29.3 Å². The molecule has 0 radical (unpaired) electrons. The van der Waals surface area contributed by atoms with Crippen LogP contribution in [0.5, 0.6) is 11.5 Å². The van der Waals surface area contributed by atoms with Crippen molar-refractivity contribution in [1.29, 1.82) is 0 Å². The zero-order chi connectivity index (χ0) is 15.8. The van der Waals surface area contributed by atoms with Crippen molar-refractivity contribution in [1.82, 2.24) is 10.6 Å². The normalized spacial score (nSPS) is 14.2. The van der Waals surface area contributed by atoms with E-state index in [-0.39, 0.29) is 24.8 Å². The molecule has 4 nitrogen and oxygen atoms in total. The molecular formula is C17H27BrCl2N2O2. The first-order valence-corrected chi connectivity index (χ1v) is 8.55. The molecule has 0 saturated carbocycles. The summed E-state index contributed by atoms with van der Waals surface area (Å²) in [7, 11) is 1.66. The van der Waals surface area contributed by atoms with Crippen molar-refractivity contribution in [2.75, 3.05) is 33.4 Å². The Bertz CT molecular complexity index is 498. The summed E-state index contributed by atoms with van der Waals surface area (Å²) in [5, 5.41) is 6.95. The highest BCUT2D eigenvalue weighted by atomic mass is 79.9. The van der Waals surface area contributed by atoms with Gasteiger partial charge in [-0.2, -0.15) is 0 Å². The number of hydrogen-bond donors (Lipinski definition) is 2. The Labute approximate surface area is 165 Å². The quantitative estimate of drug-likeness (QED) is 0.599. The molecule has 24 heavy (non-hydrogen) atoms. The first-order valence-electron chi connectivity index (χ1n) is 7.76. The minimum atomic E-state index is 0. The van der Waals surface area contributed by atoms with E-state index in [2.05, 4.69) is 39.2 Å². The number of hydrogen-bond acceptors (Lipinski definition) is 4. The number of methoxy groups -OCH3 is 1. The highest BCUT2D eigenvalue weighted by Gasteiger charge is 2.14. The van der Waals surface area contributed by atoms with Crippen LogP contribution >= 0.6 is 40.7 Å². The largest absolute Gasteiger partial charge is 0.493 e. The van der Waals surface area contributed by atoms with E-state index in [9.17, 15) is 0 Å². The minimum Gasteiger partial charge on any atom is -0.493 e. The molecule has 1 aliphatic heterocycles. The van der Waals surface area contributed by atoms with E-state index in [1.165, 1.54) is 18.4 Å². The second kappa shape index (κ2) is 12.8. The molecule has 2 N–H and O–H groups in total. The van der Waals surface area contributed by atoms with E-state index in [0.717, 1.165) is 48.1 Å². The molecule has 138 valence electrons. The molecule has 2 rings (SSSR count). The van der Waals surface area contributed by atoms with Crippen LogP contribution in [-0.2, 0) is 6.54 Å². The number of piperidine rings is 1. The van der Waals surface area contributed by atoms with E-state index >= 15 is 0 Å². The van der Waals surface area contributed by atoms with Gasteiger partial charge < -0.3 is 20.1 Å². The summed E-state index contributed by atoms with van der Waals surface area (Å²) in [5.74, 6) is 2.25. The third kappa shape index (κ3) is 7.19. The van der Waals surface area contributed by atoms with Gasteiger partial charge in [0.25, 0.3) is 0 Å². The summed E-state index contributed by atoms with van der Waals surface area (Å²) in [5.41, 5.74) is 1.18.